The largest absolute Gasteiger partial charge is 0.312 e. The van der Waals surface area contributed by atoms with E-state index in [0.717, 1.165) is 24.6 Å². The molecule has 1 N–H and O–H groups in total. The zero-order valence-electron chi connectivity index (χ0n) is 9.28. The fourth-order valence-electron chi connectivity index (χ4n) is 1.86. The zero-order chi connectivity index (χ0) is 11.2. The lowest BCUT2D eigenvalue weighted by Crippen LogP contribution is -2.22. The molecule has 1 atom stereocenters. The third kappa shape index (κ3) is 3.26. The molecule has 1 fully saturated rings. The molecule has 2 nitrogen and oxygen atoms in total. The van der Waals surface area contributed by atoms with Crippen LogP contribution in [0.3, 0.4) is 0 Å². The number of hydrogen-bond acceptors (Lipinski definition) is 3. The van der Waals surface area contributed by atoms with Gasteiger partial charge in [0.1, 0.15) is 0 Å². The lowest BCUT2D eigenvalue weighted by molar-refractivity contribution is 0.523. The van der Waals surface area contributed by atoms with E-state index >= 15 is 0 Å². The second-order valence-electron chi connectivity index (χ2n) is 4.17. The van der Waals surface area contributed by atoms with Crippen LogP contribution in [-0.4, -0.2) is 18.1 Å². The summed E-state index contributed by atoms with van der Waals surface area (Å²) in [4.78, 5) is 0. The van der Waals surface area contributed by atoms with Gasteiger partial charge in [-0.2, -0.15) is 17.0 Å². The van der Waals surface area contributed by atoms with E-state index < -0.39 is 0 Å². The summed E-state index contributed by atoms with van der Waals surface area (Å²) < 4.78 is 0. The van der Waals surface area contributed by atoms with E-state index in [4.69, 9.17) is 5.26 Å². The molecular formula is C13H16N2S. The van der Waals surface area contributed by atoms with Gasteiger partial charge in [0, 0.05) is 6.54 Å². The smallest absolute Gasteiger partial charge is 0.0991 e. The fraction of sp³-hybridized carbons (Fsp3) is 0.462. The summed E-state index contributed by atoms with van der Waals surface area (Å²) in [5.41, 5.74) is 1.99. The topological polar surface area (TPSA) is 35.8 Å². The minimum absolute atomic E-state index is 0.732. The van der Waals surface area contributed by atoms with Crippen LogP contribution in [0.15, 0.2) is 24.3 Å². The molecule has 1 saturated heterocycles. The molecular weight excluding hydrogens is 216 g/mol. The molecule has 1 aromatic carbocycles. The molecule has 0 bridgehead atoms. The predicted octanol–water partition coefficient (Wildman–Crippen LogP) is 2.40. The fourth-order valence-corrected chi connectivity index (χ4v) is 3.15. The Morgan fingerprint density at radius 2 is 2.19 bits per heavy atom. The lowest BCUT2D eigenvalue weighted by atomic mass is 10.1. The Hall–Kier alpha value is -0.980. The second-order valence-corrected chi connectivity index (χ2v) is 5.32. The Balaban J connectivity index is 1.74. The summed E-state index contributed by atoms with van der Waals surface area (Å²) in [5, 5.41) is 12.2. The van der Waals surface area contributed by atoms with Gasteiger partial charge in [-0.1, -0.05) is 12.1 Å². The van der Waals surface area contributed by atoms with Crippen molar-refractivity contribution in [3.63, 3.8) is 0 Å². The Morgan fingerprint density at radius 3 is 2.81 bits per heavy atom. The molecule has 0 saturated carbocycles. The number of benzene rings is 1. The van der Waals surface area contributed by atoms with Crippen LogP contribution in [0.2, 0.25) is 0 Å². The summed E-state index contributed by atoms with van der Waals surface area (Å²) in [6.45, 7) is 2.03. The Bertz CT molecular complexity index is 361. The van der Waals surface area contributed by atoms with Crippen LogP contribution in [0, 0.1) is 17.2 Å². The van der Waals surface area contributed by atoms with E-state index in [9.17, 15) is 0 Å². The summed E-state index contributed by atoms with van der Waals surface area (Å²) in [7, 11) is 0. The summed E-state index contributed by atoms with van der Waals surface area (Å²) in [6, 6.07) is 9.93. The normalized spacial score (nSPS) is 19.6. The Labute approximate surface area is 101 Å². The first-order chi connectivity index (χ1) is 7.88. The monoisotopic (exact) mass is 232 g/mol. The van der Waals surface area contributed by atoms with Crippen LogP contribution in [-0.2, 0) is 6.54 Å². The maximum absolute atomic E-state index is 8.68. The third-order valence-corrected chi connectivity index (χ3v) is 4.10. The molecule has 0 spiro atoms. The van der Waals surface area contributed by atoms with Crippen molar-refractivity contribution in [1.82, 2.24) is 5.32 Å². The van der Waals surface area contributed by atoms with Gasteiger partial charge in [-0.15, -0.1) is 0 Å². The van der Waals surface area contributed by atoms with Gasteiger partial charge in [-0.25, -0.2) is 0 Å². The number of nitrogens with zero attached hydrogens (tertiary/aromatic N) is 1. The highest BCUT2D eigenvalue weighted by molar-refractivity contribution is 7.99. The number of nitriles is 1. The van der Waals surface area contributed by atoms with Crippen molar-refractivity contribution in [2.75, 3.05) is 18.1 Å². The number of hydrogen-bond donors (Lipinski definition) is 1. The molecule has 1 unspecified atom stereocenters. The quantitative estimate of drug-likeness (QED) is 0.866. The molecule has 0 amide bonds. The summed E-state index contributed by atoms with van der Waals surface area (Å²) in [5.74, 6) is 3.48. The second kappa shape index (κ2) is 5.93. The average Bonchev–Trinajstić information content (AvgIpc) is 2.83. The number of nitrogens with one attached hydrogen (secondary N) is 1. The van der Waals surface area contributed by atoms with Crippen molar-refractivity contribution >= 4 is 11.8 Å². The van der Waals surface area contributed by atoms with Gasteiger partial charge in [0.15, 0.2) is 0 Å². The van der Waals surface area contributed by atoms with Gasteiger partial charge in [0.25, 0.3) is 0 Å². The minimum Gasteiger partial charge on any atom is -0.312 e. The first kappa shape index (κ1) is 11.5. The van der Waals surface area contributed by atoms with Crippen molar-refractivity contribution in [2.45, 2.75) is 13.0 Å². The average molecular weight is 232 g/mol. The van der Waals surface area contributed by atoms with Gasteiger partial charge in [-0.3, -0.25) is 0 Å². The molecule has 1 aliphatic heterocycles. The van der Waals surface area contributed by atoms with E-state index in [-0.39, 0.29) is 0 Å². The molecule has 0 radical (unpaired) electrons. The highest BCUT2D eigenvalue weighted by Crippen LogP contribution is 2.22. The van der Waals surface area contributed by atoms with Crippen LogP contribution in [0.5, 0.6) is 0 Å². The Morgan fingerprint density at radius 1 is 1.38 bits per heavy atom. The van der Waals surface area contributed by atoms with Gasteiger partial charge in [0.2, 0.25) is 0 Å². The van der Waals surface area contributed by atoms with Gasteiger partial charge < -0.3 is 5.32 Å². The van der Waals surface area contributed by atoms with E-state index in [1.807, 2.05) is 24.3 Å². The molecule has 84 valence electrons. The van der Waals surface area contributed by atoms with Crippen molar-refractivity contribution < 1.29 is 0 Å². The maximum atomic E-state index is 8.68. The summed E-state index contributed by atoms with van der Waals surface area (Å²) in [6.07, 6.45) is 1.35. The van der Waals surface area contributed by atoms with Crippen LogP contribution in [0.25, 0.3) is 0 Å². The third-order valence-electron chi connectivity index (χ3n) is 2.87. The van der Waals surface area contributed by atoms with Crippen molar-refractivity contribution in [2.24, 2.45) is 5.92 Å². The van der Waals surface area contributed by atoms with E-state index in [1.165, 1.54) is 23.5 Å². The first-order valence-corrected chi connectivity index (χ1v) is 6.81. The van der Waals surface area contributed by atoms with Crippen LogP contribution in [0.1, 0.15) is 17.5 Å². The van der Waals surface area contributed by atoms with Crippen LogP contribution >= 0.6 is 11.8 Å². The standard InChI is InChI=1S/C13H16N2S/c14-7-11-1-3-12(4-2-11)8-15-9-13-5-6-16-10-13/h1-4,13,15H,5-6,8-10H2. The Kier molecular flexibility index (Phi) is 4.26. The lowest BCUT2D eigenvalue weighted by Gasteiger charge is -2.09. The van der Waals surface area contributed by atoms with Crippen LogP contribution in [0.4, 0.5) is 0 Å². The van der Waals surface area contributed by atoms with Gasteiger partial charge in [0.05, 0.1) is 11.6 Å². The van der Waals surface area contributed by atoms with Gasteiger partial charge >= 0.3 is 0 Å². The van der Waals surface area contributed by atoms with Crippen molar-refractivity contribution in [1.29, 1.82) is 5.26 Å². The molecule has 1 heterocycles. The van der Waals surface area contributed by atoms with E-state index in [1.54, 1.807) is 0 Å². The SMILES string of the molecule is N#Cc1ccc(CNCC2CCSC2)cc1. The molecule has 0 aliphatic carbocycles. The molecule has 16 heavy (non-hydrogen) atoms. The van der Waals surface area contributed by atoms with E-state index in [2.05, 4.69) is 23.1 Å². The molecule has 3 heteroatoms. The summed E-state index contributed by atoms with van der Waals surface area (Å²) >= 11 is 2.06. The minimum atomic E-state index is 0.732. The molecule has 2 rings (SSSR count). The number of rotatable bonds is 4. The van der Waals surface area contributed by atoms with Crippen molar-refractivity contribution in [3.05, 3.63) is 35.4 Å². The van der Waals surface area contributed by atoms with E-state index in [0.29, 0.717) is 0 Å². The van der Waals surface area contributed by atoms with Crippen molar-refractivity contribution in [3.8, 4) is 6.07 Å². The highest BCUT2D eigenvalue weighted by atomic mass is 32.2. The highest BCUT2D eigenvalue weighted by Gasteiger charge is 2.14. The molecule has 1 aliphatic rings. The number of thioether (sulfide) groups is 1. The first-order valence-electron chi connectivity index (χ1n) is 5.66. The zero-order valence-corrected chi connectivity index (χ0v) is 10.1. The predicted molar refractivity (Wildman–Crippen MR) is 68.3 cm³/mol. The van der Waals surface area contributed by atoms with Gasteiger partial charge in [-0.05, 0) is 48.1 Å². The maximum Gasteiger partial charge on any atom is 0.0991 e. The molecule has 1 aromatic rings. The van der Waals surface area contributed by atoms with Crippen LogP contribution < -0.4 is 5.32 Å². The molecule has 0 aromatic heterocycles.